The Kier molecular flexibility index (Phi) is 9.06. The van der Waals surface area contributed by atoms with E-state index in [0.29, 0.717) is 5.82 Å². The van der Waals surface area contributed by atoms with Crippen molar-refractivity contribution in [3.63, 3.8) is 0 Å². The highest BCUT2D eigenvalue weighted by molar-refractivity contribution is 5.88. The molecule has 4 heteroatoms. The quantitative estimate of drug-likeness (QED) is 0.159. The second-order valence-electron chi connectivity index (χ2n) is 11.6. The number of aromatic nitrogens is 4. The lowest BCUT2D eigenvalue weighted by Crippen LogP contribution is -2.04. The van der Waals surface area contributed by atoms with E-state index in [-0.39, 0.29) is 0 Å². The second-order valence-corrected chi connectivity index (χ2v) is 11.6. The van der Waals surface area contributed by atoms with Crippen molar-refractivity contribution in [1.82, 2.24) is 19.9 Å². The van der Waals surface area contributed by atoms with Gasteiger partial charge in [-0.3, -0.25) is 0 Å². The van der Waals surface area contributed by atoms with Crippen molar-refractivity contribution < 1.29 is 0 Å². The highest BCUT2D eigenvalue weighted by Gasteiger charge is 2.21. The summed E-state index contributed by atoms with van der Waals surface area (Å²) in [4.78, 5) is 21.1. The Balaban J connectivity index is 1.44. The van der Waals surface area contributed by atoms with Crippen LogP contribution in [-0.4, -0.2) is 19.9 Å². The van der Waals surface area contributed by atoms with Gasteiger partial charge in [-0.1, -0.05) is 146 Å². The smallest absolute Gasteiger partial charge is 0.160 e. The Labute approximate surface area is 282 Å². The van der Waals surface area contributed by atoms with Crippen LogP contribution in [0.2, 0.25) is 0 Å². The highest BCUT2D eigenvalue weighted by atomic mass is 14.9. The Bertz CT molecular complexity index is 2180. The minimum atomic E-state index is 0.656. The van der Waals surface area contributed by atoms with Crippen LogP contribution in [0.25, 0.3) is 67.6 Å². The minimum Gasteiger partial charge on any atom is -0.243 e. The Hall–Kier alpha value is -6.00. The molecule has 48 heavy (non-hydrogen) atoms. The lowest BCUT2D eigenvalue weighted by Gasteiger charge is -2.18. The number of benzene rings is 4. The average Bonchev–Trinajstić information content (AvgIpc) is 3.17. The number of allylic oxidation sites excluding steroid dienone is 8. The monoisotopic (exact) mass is 620 g/mol. The largest absolute Gasteiger partial charge is 0.243 e. The van der Waals surface area contributed by atoms with Gasteiger partial charge in [0.05, 0.1) is 34.2 Å². The van der Waals surface area contributed by atoms with Crippen LogP contribution in [0.1, 0.15) is 38.1 Å². The molecule has 4 nitrogen and oxygen atoms in total. The molecule has 0 saturated carbocycles. The molecule has 2 aromatic heterocycles. The van der Waals surface area contributed by atoms with E-state index in [9.17, 15) is 0 Å². The summed E-state index contributed by atoms with van der Waals surface area (Å²) in [6.45, 7) is 4.06. The molecule has 0 saturated heterocycles. The van der Waals surface area contributed by atoms with Crippen LogP contribution in [0.3, 0.4) is 0 Å². The standard InChI is InChI=1S/C44H36N4/c1-3-18-31(4-2)38-30-39(32-19-9-5-10-20-32)46-44(45-38)37-28-17-27-36(29-37)43-42(35-25-15-8-16-26-35)47-40(33-21-11-6-12-22-33)41(48-43)34-23-13-7-14-24-34/h3-5,7-11,13-30H,6,12H2,1-2H3/b18-3-,31-4+. The van der Waals surface area contributed by atoms with Gasteiger partial charge >= 0.3 is 0 Å². The van der Waals surface area contributed by atoms with E-state index in [0.717, 1.165) is 86.0 Å². The van der Waals surface area contributed by atoms with Gasteiger partial charge in [0.25, 0.3) is 0 Å². The third kappa shape index (κ3) is 6.47. The Morgan fingerprint density at radius 1 is 0.542 bits per heavy atom. The van der Waals surface area contributed by atoms with E-state index in [1.54, 1.807) is 0 Å². The van der Waals surface area contributed by atoms with Crippen molar-refractivity contribution in [2.24, 2.45) is 0 Å². The fourth-order valence-corrected chi connectivity index (χ4v) is 6.02. The number of rotatable bonds is 8. The number of nitrogens with zero attached hydrogens (tertiary/aromatic N) is 4. The maximum absolute atomic E-state index is 5.45. The van der Waals surface area contributed by atoms with Crippen LogP contribution in [-0.2, 0) is 0 Å². The summed E-state index contributed by atoms with van der Waals surface area (Å²) in [7, 11) is 0. The van der Waals surface area contributed by atoms with Crippen LogP contribution < -0.4 is 0 Å². The van der Waals surface area contributed by atoms with Gasteiger partial charge in [0, 0.05) is 27.8 Å². The van der Waals surface area contributed by atoms with Crippen molar-refractivity contribution in [1.29, 1.82) is 0 Å². The van der Waals surface area contributed by atoms with Gasteiger partial charge in [0.1, 0.15) is 0 Å². The third-order valence-corrected chi connectivity index (χ3v) is 8.40. The van der Waals surface area contributed by atoms with E-state index in [1.807, 2.05) is 50.3 Å². The predicted molar refractivity (Wildman–Crippen MR) is 200 cm³/mol. The van der Waals surface area contributed by atoms with Crippen LogP contribution in [0, 0.1) is 0 Å². The lowest BCUT2D eigenvalue weighted by atomic mass is 9.96. The molecule has 1 aliphatic rings. The molecule has 0 unspecified atom stereocenters. The molecule has 0 amide bonds. The first-order valence-electron chi connectivity index (χ1n) is 16.5. The summed E-state index contributed by atoms with van der Waals surface area (Å²) in [5.41, 5.74) is 12.2. The van der Waals surface area contributed by atoms with Crippen molar-refractivity contribution in [2.45, 2.75) is 26.7 Å². The molecule has 232 valence electrons. The van der Waals surface area contributed by atoms with Crippen LogP contribution in [0.4, 0.5) is 0 Å². The zero-order chi connectivity index (χ0) is 32.7. The molecule has 0 fully saturated rings. The van der Waals surface area contributed by atoms with E-state index in [2.05, 4.69) is 121 Å². The second kappa shape index (κ2) is 14.2. The molecule has 0 spiro atoms. The molecule has 1 aliphatic carbocycles. The van der Waals surface area contributed by atoms with Gasteiger partial charge < -0.3 is 0 Å². The van der Waals surface area contributed by atoms with E-state index < -0.39 is 0 Å². The van der Waals surface area contributed by atoms with Crippen molar-refractivity contribution in [3.05, 3.63) is 169 Å². The molecular weight excluding hydrogens is 585 g/mol. The van der Waals surface area contributed by atoms with Crippen LogP contribution in [0.5, 0.6) is 0 Å². The van der Waals surface area contributed by atoms with E-state index in [1.165, 1.54) is 0 Å². The molecule has 4 aromatic carbocycles. The SMILES string of the molecule is C/C=C\C(=C/C)c1cc(-c2ccccc2)nc(-c2cccc(-c3nc(-c4ccccc4)c(C4=CCCC=C4)nc3-c3ccccc3)c2)n1. The summed E-state index contributed by atoms with van der Waals surface area (Å²) in [6.07, 6.45) is 14.9. The molecule has 2 heterocycles. The molecule has 0 radical (unpaired) electrons. The van der Waals surface area contributed by atoms with Gasteiger partial charge in [-0.25, -0.2) is 19.9 Å². The van der Waals surface area contributed by atoms with Crippen molar-refractivity contribution in [2.75, 3.05) is 0 Å². The average molecular weight is 621 g/mol. The summed E-state index contributed by atoms with van der Waals surface area (Å²) in [5, 5.41) is 0. The normalized spacial score (nSPS) is 13.1. The molecule has 0 atom stereocenters. The fourth-order valence-electron chi connectivity index (χ4n) is 6.02. The van der Waals surface area contributed by atoms with Gasteiger partial charge in [-0.15, -0.1) is 0 Å². The fraction of sp³-hybridized carbons (Fsp3) is 0.0909. The van der Waals surface area contributed by atoms with Gasteiger partial charge in [-0.05, 0) is 50.0 Å². The van der Waals surface area contributed by atoms with Crippen LogP contribution >= 0.6 is 0 Å². The first kappa shape index (κ1) is 30.6. The minimum absolute atomic E-state index is 0.656. The Morgan fingerprint density at radius 3 is 1.75 bits per heavy atom. The van der Waals surface area contributed by atoms with Crippen LogP contribution in [0.15, 0.2) is 158 Å². The van der Waals surface area contributed by atoms with E-state index >= 15 is 0 Å². The predicted octanol–water partition coefficient (Wildman–Crippen LogP) is 11.3. The van der Waals surface area contributed by atoms with E-state index in [4.69, 9.17) is 19.9 Å². The lowest BCUT2D eigenvalue weighted by molar-refractivity contribution is 1.03. The number of hydrogen-bond acceptors (Lipinski definition) is 4. The summed E-state index contributed by atoms with van der Waals surface area (Å²) >= 11 is 0. The topological polar surface area (TPSA) is 51.6 Å². The molecule has 6 aromatic rings. The maximum Gasteiger partial charge on any atom is 0.160 e. The summed E-state index contributed by atoms with van der Waals surface area (Å²) < 4.78 is 0. The van der Waals surface area contributed by atoms with Gasteiger partial charge in [-0.2, -0.15) is 0 Å². The maximum atomic E-state index is 5.45. The zero-order valence-corrected chi connectivity index (χ0v) is 27.2. The number of hydrogen-bond donors (Lipinski definition) is 0. The zero-order valence-electron chi connectivity index (χ0n) is 27.2. The summed E-state index contributed by atoms with van der Waals surface area (Å²) in [6, 6.07) is 41.4. The molecule has 0 N–H and O–H groups in total. The molecule has 0 aliphatic heterocycles. The molecule has 7 rings (SSSR count). The Morgan fingerprint density at radius 2 is 1.12 bits per heavy atom. The van der Waals surface area contributed by atoms with Gasteiger partial charge in [0.15, 0.2) is 5.82 Å². The van der Waals surface area contributed by atoms with Crippen molar-refractivity contribution >= 4 is 11.1 Å². The molecule has 0 bridgehead atoms. The van der Waals surface area contributed by atoms with Crippen molar-refractivity contribution in [3.8, 4) is 56.4 Å². The third-order valence-electron chi connectivity index (χ3n) is 8.40. The molecular formula is C44H36N4. The first-order chi connectivity index (χ1) is 23.7. The van der Waals surface area contributed by atoms with Gasteiger partial charge in [0.2, 0.25) is 0 Å². The summed E-state index contributed by atoms with van der Waals surface area (Å²) in [5.74, 6) is 0.656. The first-order valence-corrected chi connectivity index (χ1v) is 16.5. The highest BCUT2D eigenvalue weighted by Crippen LogP contribution is 2.38.